The normalized spacial score (nSPS) is 11.5. The molecule has 20 heavy (non-hydrogen) atoms. The first-order valence-corrected chi connectivity index (χ1v) is 8.60. The number of pyridine rings is 1. The quantitative estimate of drug-likeness (QED) is 0.887. The summed E-state index contributed by atoms with van der Waals surface area (Å²) in [7, 11) is -2.04. The number of nitrogens with one attached hydrogen (secondary N) is 1. The van der Waals surface area contributed by atoms with E-state index >= 15 is 0 Å². The van der Waals surface area contributed by atoms with Crippen LogP contribution in [-0.4, -0.2) is 27.0 Å². The smallest absolute Gasteiger partial charge is 0.241 e. The summed E-state index contributed by atoms with van der Waals surface area (Å²) in [5.41, 5.74) is 0. The van der Waals surface area contributed by atoms with E-state index in [2.05, 4.69) is 20.7 Å². The average Bonchev–Trinajstić information content (AvgIpc) is 2.98. The summed E-state index contributed by atoms with van der Waals surface area (Å²) < 4.78 is 25.6. The molecule has 108 valence electrons. The van der Waals surface area contributed by atoms with Crippen molar-refractivity contribution in [3.05, 3.63) is 40.7 Å². The minimum atomic E-state index is -3.43. The van der Waals surface area contributed by atoms with Gasteiger partial charge >= 0.3 is 0 Å². The van der Waals surface area contributed by atoms with Crippen LogP contribution < -0.4 is 9.62 Å². The molecule has 0 atom stereocenters. The van der Waals surface area contributed by atoms with Crippen LogP contribution in [0.5, 0.6) is 0 Å². The van der Waals surface area contributed by atoms with E-state index in [-0.39, 0.29) is 4.90 Å². The zero-order valence-corrected chi connectivity index (χ0v) is 13.0. The number of anilines is 1. The third-order valence-corrected chi connectivity index (χ3v) is 5.19. The fourth-order valence-electron chi connectivity index (χ4n) is 1.78. The maximum Gasteiger partial charge on any atom is 0.241 e. The van der Waals surface area contributed by atoms with E-state index in [0.29, 0.717) is 0 Å². The molecule has 0 saturated heterocycles. The third kappa shape index (κ3) is 3.36. The average molecular weight is 311 g/mol. The summed E-state index contributed by atoms with van der Waals surface area (Å²) in [4.78, 5) is 7.78. The number of thiophene rings is 1. The van der Waals surface area contributed by atoms with Crippen molar-refractivity contribution in [1.29, 1.82) is 0 Å². The lowest BCUT2D eigenvalue weighted by Gasteiger charge is -2.21. The lowest BCUT2D eigenvalue weighted by molar-refractivity contribution is 0.588. The van der Waals surface area contributed by atoms with Gasteiger partial charge in [0.15, 0.2) is 0 Å². The number of nitrogens with zero attached hydrogens (tertiary/aromatic N) is 2. The molecule has 0 radical (unpaired) electrons. The predicted octanol–water partition coefficient (Wildman–Crippen LogP) is 2.08. The highest BCUT2D eigenvalue weighted by Gasteiger charge is 2.13. The van der Waals surface area contributed by atoms with Crippen LogP contribution in [0.4, 0.5) is 5.82 Å². The van der Waals surface area contributed by atoms with Crippen molar-refractivity contribution in [3.63, 3.8) is 0 Å². The third-order valence-electron chi connectivity index (χ3n) is 2.93. The summed E-state index contributed by atoms with van der Waals surface area (Å²) in [6.07, 6.45) is 1.39. The first-order valence-electron chi connectivity index (χ1n) is 6.23. The number of rotatable bonds is 6. The largest absolute Gasteiger partial charge is 0.352 e. The van der Waals surface area contributed by atoms with E-state index in [1.807, 2.05) is 18.4 Å². The molecule has 2 aromatic rings. The minimum absolute atomic E-state index is 0.177. The Bertz CT molecular complexity index is 637. The van der Waals surface area contributed by atoms with Crippen LogP contribution in [0.15, 0.2) is 40.7 Å². The van der Waals surface area contributed by atoms with Crippen LogP contribution in [0, 0.1) is 0 Å². The molecule has 7 heteroatoms. The van der Waals surface area contributed by atoms with Crippen molar-refractivity contribution in [2.75, 3.05) is 18.5 Å². The fourth-order valence-corrected chi connectivity index (χ4v) is 3.18. The Balaban J connectivity index is 2.19. The second-order valence-electron chi connectivity index (χ2n) is 4.15. The van der Waals surface area contributed by atoms with Crippen molar-refractivity contribution >= 4 is 27.2 Å². The second kappa shape index (κ2) is 6.34. The van der Waals surface area contributed by atoms with Gasteiger partial charge in [-0.25, -0.2) is 18.1 Å². The minimum Gasteiger partial charge on any atom is -0.352 e. The summed E-state index contributed by atoms with van der Waals surface area (Å²) >= 11 is 1.70. The van der Waals surface area contributed by atoms with Crippen LogP contribution in [-0.2, 0) is 16.6 Å². The Morgan fingerprint density at radius 1 is 1.35 bits per heavy atom. The van der Waals surface area contributed by atoms with Gasteiger partial charge in [0.2, 0.25) is 10.0 Å². The molecule has 0 aliphatic heterocycles. The van der Waals surface area contributed by atoms with E-state index in [0.717, 1.165) is 18.9 Å². The SMILES string of the molecule is CCN(Cc1cccs1)c1ccc(S(=O)(=O)NC)cn1. The molecule has 5 nitrogen and oxygen atoms in total. The zero-order chi connectivity index (χ0) is 14.6. The van der Waals surface area contributed by atoms with Crippen LogP contribution in [0.25, 0.3) is 0 Å². The van der Waals surface area contributed by atoms with Crippen molar-refractivity contribution in [3.8, 4) is 0 Å². The van der Waals surface area contributed by atoms with Gasteiger partial charge in [-0.1, -0.05) is 6.07 Å². The first kappa shape index (κ1) is 15.0. The molecule has 1 N–H and O–H groups in total. The van der Waals surface area contributed by atoms with Gasteiger partial charge in [-0.2, -0.15) is 0 Å². The molecule has 0 saturated carbocycles. The van der Waals surface area contributed by atoms with E-state index in [1.54, 1.807) is 23.5 Å². The molecule has 0 aliphatic carbocycles. The molecule has 0 amide bonds. The maximum absolute atomic E-state index is 11.6. The molecule has 0 fully saturated rings. The van der Waals surface area contributed by atoms with Gasteiger partial charge in [-0.15, -0.1) is 11.3 Å². The summed E-state index contributed by atoms with van der Waals surface area (Å²) in [5, 5.41) is 2.04. The van der Waals surface area contributed by atoms with E-state index < -0.39 is 10.0 Å². The van der Waals surface area contributed by atoms with Crippen molar-refractivity contribution in [1.82, 2.24) is 9.71 Å². The van der Waals surface area contributed by atoms with Gasteiger partial charge in [-0.05, 0) is 37.6 Å². The highest BCUT2D eigenvalue weighted by molar-refractivity contribution is 7.89. The number of aromatic nitrogens is 1. The van der Waals surface area contributed by atoms with Gasteiger partial charge < -0.3 is 4.90 Å². The van der Waals surface area contributed by atoms with Crippen LogP contribution >= 0.6 is 11.3 Å². The van der Waals surface area contributed by atoms with E-state index in [9.17, 15) is 8.42 Å². The van der Waals surface area contributed by atoms with E-state index in [1.165, 1.54) is 18.1 Å². The van der Waals surface area contributed by atoms with Gasteiger partial charge in [-0.3, -0.25) is 0 Å². The fraction of sp³-hybridized carbons (Fsp3) is 0.308. The highest BCUT2D eigenvalue weighted by atomic mass is 32.2. The van der Waals surface area contributed by atoms with Gasteiger partial charge in [0.1, 0.15) is 10.7 Å². The molecule has 0 aromatic carbocycles. The summed E-state index contributed by atoms with van der Waals surface area (Å²) in [6.45, 7) is 3.63. The standard InChI is InChI=1S/C13H17N3O2S2/c1-3-16(10-11-5-4-8-19-11)13-7-6-12(9-15-13)20(17,18)14-2/h4-9,14H,3,10H2,1-2H3. The molecule has 2 rings (SSSR count). The van der Waals surface area contributed by atoms with Gasteiger partial charge in [0.25, 0.3) is 0 Å². The first-order chi connectivity index (χ1) is 9.56. The Morgan fingerprint density at radius 2 is 2.15 bits per heavy atom. The lowest BCUT2D eigenvalue weighted by Crippen LogP contribution is -2.23. The summed E-state index contributed by atoms with van der Waals surface area (Å²) in [5.74, 6) is 0.774. The summed E-state index contributed by atoms with van der Waals surface area (Å²) in [6, 6.07) is 7.41. The molecule has 0 bridgehead atoms. The number of hydrogen-bond acceptors (Lipinski definition) is 5. The van der Waals surface area contributed by atoms with Crippen LogP contribution in [0.1, 0.15) is 11.8 Å². The van der Waals surface area contributed by atoms with Crippen molar-refractivity contribution in [2.24, 2.45) is 0 Å². The molecular formula is C13H17N3O2S2. The number of hydrogen-bond donors (Lipinski definition) is 1. The van der Waals surface area contributed by atoms with Gasteiger partial charge in [0.05, 0.1) is 6.54 Å². The Hall–Kier alpha value is -1.44. The second-order valence-corrected chi connectivity index (χ2v) is 7.07. The molecule has 2 heterocycles. The van der Waals surface area contributed by atoms with Crippen LogP contribution in [0.2, 0.25) is 0 Å². The topological polar surface area (TPSA) is 62.3 Å². The van der Waals surface area contributed by atoms with E-state index in [4.69, 9.17) is 0 Å². The Morgan fingerprint density at radius 3 is 2.65 bits per heavy atom. The van der Waals surface area contributed by atoms with Gasteiger partial charge in [0, 0.05) is 17.6 Å². The van der Waals surface area contributed by atoms with Crippen molar-refractivity contribution in [2.45, 2.75) is 18.4 Å². The monoisotopic (exact) mass is 311 g/mol. The number of sulfonamides is 1. The highest BCUT2D eigenvalue weighted by Crippen LogP contribution is 2.18. The molecular weight excluding hydrogens is 294 g/mol. The van der Waals surface area contributed by atoms with Crippen LogP contribution in [0.3, 0.4) is 0 Å². The molecule has 2 aromatic heterocycles. The maximum atomic E-state index is 11.6. The molecule has 0 unspecified atom stereocenters. The Labute approximate surface area is 123 Å². The zero-order valence-electron chi connectivity index (χ0n) is 11.4. The lowest BCUT2D eigenvalue weighted by atomic mass is 10.3. The Kier molecular flexibility index (Phi) is 4.74. The molecule has 0 spiro atoms. The molecule has 0 aliphatic rings. The predicted molar refractivity (Wildman–Crippen MR) is 81.5 cm³/mol. The van der Waals surface area contributed by atoms with Crippen molar-refractivity contribution < 1.29 is 8.42 Å².